The lowest BCUT2D eigenvalue weighted by Gasteiger charge is -2.15. The first-order valence-corrected chi connectivity index (χ1v) is 6.21. The zero-order valence-electron chi connectivity index (χ0n) is 9.53. The van der Waals surface area contributed by atoms with Crippen molar-refractivity contribution in [2.45, 2.75) is 38.8 Å². The van der Waals surface area contributed by atoms with Crippen molar-refractivity contribution in [3.8, 4) is 0 Å². The van der Waals surface area contributed by atoms with Crippen LogP contribution in [0.5, 0.6) is 0 Å². The first kappa shape index (κ1) is 11.5. The molecule has 0 spiro atoms. The first-order chi connectivity index (χ1) is 7.74. The summed E-state index contributed by atoms with van der Waals surface area (Å²) in [6, 6.07) is 4.37. The molecule has 2 unspecified atom stereocenters. The van der Waals surface area contributed by atoms with Gasteiger partial charge in [-0.15, -0.1) is 0 Å². The van der Waals surface area contributed by atoms with Crippen LogP contribution in [-0.2, 0) is 6.54 Å². The van der Waals surface area contributed by atoms with Gasteiger partial charge >= 0.3 is 0 Å². The largest absolute Gasteiger partial charge is 0.467 e. The predicted molar refractivity (Wildman–Crippen MR) is 68.1 cm³/mol. The van der Waals surface area contributed by atoms with Crippen LogP contribution in [-0.4, -0.2) is 11.2 Å². The third-order valence-electron chi connectivity index (χ3n) is 3.03. The van der Waals surface area contributed by atoms with Gasteiger partial charge in [0.05, 0.1) is 12.8 Å². The quantitative estimate of drug-likeness (QED) is 0.793. The van der Waals surface area contributed by atoms with Gasteiger partial charge in [-0.05, 0) is 49.5 Å². The summed E-state index contributed by atoms with van der Waals surface area (Å²) in [6.45, 7) is 2.95. The highest BCUT2D eigenvalue weighted by atomic mass is 32.1. The molecule has 16 heavy (non-hydrogen) atoms. The maximum Gasteiger partial charge on any atom is 0.166 e. The SMILES string of the molecule is CC1CCC(NC(=S)NCc2ccco2)C1. The summed E-state index contributed by atoms with van der Waals surface area (Å²) in [5.74, 6) is 1.73. The molecule has 0 aromatic carbocycles. The summed E-state index contributed by atoms with van der Waals surface area (Å²) >= 11 is 5.24. The minimum atomic E-state index is 0.548. The van der Waals surface area contributed by atoms with Crippen LogP contribution in [0.1, 0.15) is 31.9 Å². The lowest BCUT2D eigenvalue weighted by Crippen LogP contribution is -2.40. The Labute approximate surface area is 102 Å². The van der Waals surface area contributed by atoms with Gasteiger partial charge in [0.2, 0.25) is 0 Å². The molecule has 1 aromatic rings. The molecule has 3 nitrogen and oxygen atoms in total. The molecule has 2 N–H and O–H groups in total. The topological polar surface area (TPSA) is 37.2 Å². The third-order valence-corrected chi connectivity index (χ3v) is 3.30. The molecule has 1 aliphatic rings. The van der Waals surface area contributed by atoms with Crippen LogP contribution in [0.3, 0.4) is 0 Å². The monoisotopic (exact) mass is 238 g/mol. The fourth-order valence-electron chi connectivity index (χ4n) is 2.16. The van der Waals surface area contributed by atoms with Crippen molar-refractivity contribution in [1.29, 1.82) is 0 Å². The summed E-state index contributed by atoms with van der Waals surface area (Å²) in [6.07, 6.45) is 5.43. The molecule has 1 saturated carbocycles. The zero-order valence-corrected chi connectivity index (χ0v) is 10.3. The molecule has 2 atom stereocenters. The first-order valence-electron chi connectivity index (χ1n) is 5.81. The van der Waals surface area contributed by atoms with Crippen molar-refractivity contribution >= 4 is 17.3 Å². The van der Waals surface area contributed by atoms with Crippen LogP contribution >= 0.6 is 12.2 Å². The van der Waals surface area contributed by atoms with Crippen LogP contribution in [0.25, 0.3) is 0 Å². The van der Waals surface area contributed by atoms with E-state index < -0.39 is 0 Å². The molecule has 1 heterocycles. The van der Waals surface area contributed by atoms with E-state index in [1.54, 1.807) is 6.26 Å². The van der Waals surface area contributed by atoms with Crippen molar-refractivity contribution < 1.29 is 4.42 Å². The van der Waals surface area contributed by atoms with E-state index in [2.05, 4.69) is 17.6 Å². The molecule has 0 saturated heterocycles. The molecule has 1 aromatic heterocycles. The number of rotatable bonds is 3. The highest BCUT2D eigenvalue weighted by molar-refractivity contribution is 7.80. The van der Waals surface area contributed by atoms with Crippen LogP contribution in [0.2, 0.25) is 0 Å². The molecule has 88 valence electrons. The van der Waals surface area contributed by atoms with Crippen molar-refractivity contribution in [3.05, 3.63) is 24.2 Å². The van der Waals surface area contributed by atoms with Gasteiger partial charge in [-0.3, -0.25) is 0 Å². The van der Waals surface area contributed by atoms with E-state index in [4.69, 9.17) is 16.6 Å². The minimum absolute atomic E-state index is 0.548. The maximum atomic E-state index is 5.24. The van der Waals surface area contributed by atoms with E-state index >= 15 is 0 Å². The number of nitrogens with one attached hydrogen (secondary N) is 2. The van der Waals surface area contributed by atoms with Crippen LogP contribution in [0.4, 0.5) is 0 Å². The van der Waals surface area contributed by atoms with Crippen molar-refractivity contribution in [2.24, 2.45) is 5.92 Å². The maximum absolute atomic E-state index is 5.24. The lowest BCUT2D eigenvalue weighted by atomic mass is 10.1. The Morgan fingerprint density at radius 1 is 1.56 bits per heavy atom. The molecule has 2 rings (SSSR count). The third kappa shape index (κ3) is 3.23. The van der Waals surface area contributed by atoms with E-state index in [1.807, 2.05) is 12.1 Å². The molecule has 0 radical (unpaired) electrons. The van der Waals surface area contributed by atoms with Gasteiger partial charge < -0.3 is 15.1 Å². The Hall–Kier alpha value is -1.03. The second kappa shape index (κ2) is 5.34. The summed E-state index contributed by atoms with van der Waals surface area (Å²) in [7, 11) is 0. The van der Waals surface area contributed by atoms with Gasteiger partial charge in [0.1, 0.15) is 5.76 Å². The normalized spacial score (nSPS) is 24.3. The van der Waals surface area contributed by atoms with Crippen LogP contribution in [0, 0.1) is 5.92 Å². The van der Waals surface area contributed by atoms with Gasteiger partial charge in [0.25, 0.3) is 0 Å². The fourth-order valence-corrected chi connectivity index (χ4v) is 2.39. The summed E-state index contributed by atoms with van der Waals surface area (Å²) < 4.78 is 5.22. The van der Waals surface area contributed by atoms with Gasteiger partial charge in [-0.25, -0.2) is 0 Å². The van der Waals surface area contributed by atoms with Gasteiger partial charge in [0, 0.05) is 6.04 Å². The highest BCUT2D eigenvalue weighted by Crippen LogP contribution is 2.24. The Kier molecular flexibility index (Phi) is 3.83. The lowest BCUT2D eigenvalue weighted by molar-refractivity contribution is 0.500. The molecule has 4 heteroatoms. The van der Waals surface area contributed by atoms with E-state index in [1.165, 1.54) is 19.3 Å². The molecule has 0 amide bonds. The Bertz CT molecular complexity index is 337. The Morgan fingerprint density at radius 2 is 2.44 bits per heavy atom. The van der Waals surface area contributed by atoms with E-state index in [0.717, 1.165) is 16.8 Å². The van der Waals surface area contributed by atoms with Crippen LogP contribution in [0.15, 0.2) is 22.8 Å². The average Bonchev–Trinajstić information content (AvgIpc) is 2.87. The molecule has 0 bridgehead atoms. The summed E-state index contributed by atoms with van der Waals surface area (Å²) in [4.78, 5) is 0. The van der Waals surface area contributed by atoms with Crippen molar-refractivity contribution in [1.82, 2.24) is 10.6 Å². The highest BCUT2D eigenvalue weighted by Gasteiger charge is 2.21. The second-order valence-electron chi connectivity index (χ2n) is 4.52. The fraction of sp³-hybridized carbons (Fsp3) is 0.583. The van der Waals surface area contributed by atoms with Gasteiger partial charge in [0.15, 0.2) is 5.11 Å². The summed E-state index contributed by atoms with van der Waals surface area (Å²) in [5, 5.41) is 7.24. The molecular weight excluding hydrogens is 220 g/mol. The predicted octanol–water partition coefficient (Wildman–Crippen LogP) is 2.43. The number of furan rings is 1. The van der Waals surface area contributed by atoms with Gasteiger partial charge in [-0.1, -0.05) is 6.92 Å². The summed E-state index contributed by atoms with van der Waals surface area (Å²) in [5.41, 5.74) is 0. The second-order valence-corrected chi connectivity index (χ2v) is 4.93. The standard InChI is InChI=1S/C12H18N2OS/c1-9-4-5-10(7-9)14-12(16)13-8-11-3-2-6-15-11/h2-3,6,9-10H,4-5,7-8H2,1H3,(H2,13,14,16). The molecule has 1 aliphatic carbocycles. The van der Waals surface area contributed by atoms with Crippen molar-refractivity contribution in [3.63, 3.8) is 0 Å². The molecule has 0 aliphatic heterocycles. The number of hydrogen-bond donors (Lipinski definition) is 2. The van der Waals surface area contributed by atoms with Crippen molar-refractivity contribution in [2.75, 3.05) is 0 Å². The number of hydrogen-bond acceptors (Lipinski definition) is 2. The van der Waals surface area contributed by atoms with Crippen LogP contribution < -0.4 is 10.6 Å². The van der Waals surface area contributed by atoms with E-state index in [0.29, 0.717) is 12.6 Å². The zero-order chi connectivity index (χ0) is 11.4. The average molecular weight is 238 g/mol. The Balaban J connectivity index is 1.68. The number of thiocarbonyl (C=S) groups is 1. The smallest absolute Gasteiger partial charge is 0.166 e. The molecular formula is C12H18N2OS. The van der Waals surface area contributed by atoms with Gasteiger partial charge in [-0.2, -0.15) is 0 Å². The molecule has 1 fully saturated rings. The minimum Gasteiger partial charge on any atom is -0.467 e. The van der Waals surface area contributed by atoms with E-state index in [9.17, 15) is 0 Å². The Morgan fingerprint density at radius 3 is 3.06 bits per heavy atom. The van der Waals surface area contributed by atoms with E-state index in [-0.39, 0.29) is 0 Å².